The van der Waals surface area contributed by atoms with Crippen LogP contribution in [0.5, 0.6) is 5.75 Å². The molecule has 2 aromatic heterocycles. The first kappa shape index (κ1) is 19.5. The lowest BCUT2D eigenvalue weighted by Crippen LogP contribution is -2.23. The number of hydrogen-bond donors (Lipinski definition) is 3. The fourth-order valence-corrected chi connectivity index (χ4v) is 3.50. The third-order valence-corrected chi connectivity index (χ3v) is 4.98. The molecule has 0 radical (unpaired) electrons. The number of rotatable bonds is 5. The van der Waals surface area contributed by atoms with Crippen molar-refractivity contribution < 1.29 is 23.5 Å². The van der Waals surface area contributed by atoms with Gasteiger partial charge in [0.2, 0.25) is 0 Å². The van der Waals surface area contributed by atoms with Crippen molar-refractivity contribution in [2.75, 3.05) is 0 Å². The molecular weight excluding hydrogens is 386 g/mol. The molecule has 2 amide bonds. The molecule has 0 aliphatic heterocycles. The highest BCUT2D eigenvalue weighted by molar-refractivity contribution is 6.07. The van der Waals surface area contributed by atoms with Gasteiger partial charge in [0.25, 0.3) is 11.8 Å². The zero-order valence-corrected chi connectivity index (χ0v) is 16.4. The van der Waals surface area contributed by atoms with Crippen molar-refractivity contribution >= 4 is 17.5 Å². The Kier molecular flexibility index (Phi) is 5.38. The molecule has 0 spiro atoms. The highest BCUT2D eigenvalue weighted by Crippen LogP contribution is 2.30. The van der Waals surface area contributed by atoms with E-state index in [9.17, 15) is 14.7 Å². The fraction of sp³-hybridized carbons (Fsp3) is 0.227. The van der Waals surface area contributed by atoms with Crippen LogP contribution < -0.4 is 10.7 Å². The monoisotopic (exact) mass is 407 g/mol. The summed E-state index contributed by atoms with van der Waals surface area (Å²) in [7, 11) is 0. The van der Waals surface area contributed by atoms with Crippen LogP contribution in [0, 0.1) is 6.92 Å². The van der Waals surface area contributed by atoms with Crippen LogP contribution in [0.4, 0.5) is 0 Å². The van der Waals surface area contributed by atoms with Crippen molar-refractivity contribution in [1.29, 1.82) is 0 Å². The topological polar surface area (TPSA) is 117 Å². The molecule has 0 saturated carbocycles. The van der Waals surface area contributed by atoms with E-state index in [0.29, 0.717) is 35.6 Å². The van der Waals surface area contributed by atoms with Crippen molar-refractivity contribution in [3.05, 3.63) is 76.6 Å². The summed E-state index contributed by atoms with van der Waals surface area (Å²) in [6, 6.07) is 9.78. The lowest BCUT2D eigenvalue weighted by Gasteiger charge is -2.13. The van der Waals surface area contributed by atoms with E-state index in [0.717, 1.165) is 12.0 Å². The molecule has 30 heavy (non-hydrogen) atoms. The Labute approximate surface area is 172 Å². The van der Waals surface area contributed by atoms with E-state index in [-0.39, 0.29) is 29.5 Å². The van der Waals surface area contributed by atoms with Crippen LogP contribution in [0.3, 0.4) is 0 Å². The Morgan fingerprint density at radius 3 is 2.73 bits per heavy atom. The maximum atomic E-state index is 12.6. The Morgan fingerprint density at radius 2 is 1.97 bits per heavy atom. The van der Waals surface area contributed by atoms with E-state index < -0.39 is 5.91 Å². The minimum atomic E-state index is -0.509. The number of furan rings is 2. The molecule has 8 nitrogen and oxygen atoms in total. The van der Waals surface area contributed by atoms with Gasteiger partial charge in [0.15, 0.2) is 5.76 Å². The van der Waals surface area contributed by atoms with Crippen LogP contribution >= 0.6 is 0 Å². The van der Waals surface area contributed by atoms with Crippen LogP contribution in [0.2, 0.25) is 0 Å². The maximum Gasteiger partial charge on any atom is 0.287 e. The summed E-state index contributed by atoms with van der Waals surface area (Å²) >= 11 is 0. The van der Waals surface area contributed by atoms with Crippen LogP contribution in [-0.2, 0) is 13.0 Å². The minimum absolute atomic E-state index is 0.116. The molecule has 1 aliphatic carbocycles. The smallest absolute Gasteiger partial charge is 0.287 e. The summed E-state index contributed by atoms with van der Waals surface area (Å²) < 4.78 is 11.1. The molecule has 2 heterocycles. The van der Waals surface area contributed by atoms with Gasteiger partial charge in [0, 0.05) is 17.5 Å². The van der Waals surface area contributed by atoms with Crippen molar-refractivity contribution in [3.8, 4) is 5.75 Å². The van der Waals surface area contributed by atoms with Crippen molar-refractivity contribution in [2.24, 2.45) is 5.10 Å². The SMILES string of the molecule is Cc1c(C(=O)NCc2ccco2)oc2c1/C(=N/NC(=O)c1ccccc1O)CCC2. The molecule has 0 atom stereocenters. The number of hydrogen-bond acceptors (Lipinski definition) is 6. The zero-order chi connectivity index (χ0) is 21.1. The van der Waals surface area contributed by atoms with Gasteiger partial charge in [-0.3, -0.25) is 9.59 Å². The molecule has 3 aromatic rings. The normalized spacial score (nSPS) is 14.4. The number of phenols is 1. The Bertz CT molecular complexity index is 1110. The van der Waals surface area contributed by atoms with Crippen LogP contribution in [0.25, 0.3) is 0 Å². The number of amides is 2. The highest BCUT2D eigenvalue weighted by atomic mass is 16.4. The first-order chi connectivity index (χ1) is 14.5. The van der Waals surface area contributed by atoms with E-state index in [4.69, 9.17) is 8.83 Å². The van der Waals surface area contributed by atoms with Crippen molar-refractivity contribution in [2.45, 2.75) is 32.7 Å². The summed E-state index contributed by atoms with van der Waals surface area (Å²) in [5.74, 6) is 0.591. The number of benzene rings is 1. The predicted octanol–water partition coefficient (Wildman–Crippen LogP) is 3.29. The number of phenolic OH excluding ortho intramolecular Hbond substituents is 1. The number of nitrogens with zero attached hydrogens (tertiary/aromatic N) is 1. The molecule has 1 aliphatic rings. The first-order valence-corrected chi connectivity index (χ1v) is 9.62. The van der Waals surface area contributed by atoms with Gasteiger partial charge in [0.05, 0.1) is 24.1 Å². The quantitative estimate of drug-likeness (QED) is 0.561. The number of carbonyl (C=O) groups is 2. The summed E-state index contributed by atoms with van der Waals surface area (Å²) in [5, 5.41) is 16.9. The number of para-hydroxylation sites is 1. The second-order valence-corrected chi connectivity index (χ2v) is 6.99. The molecule has 0 unspecified atom stereocenters. The summed E-state index contributed by atoms with van der Waals surface area (Å²) in [6.45, 7) is 2.06. The van der Waals surface area contributed by atoms with Crippen LogP contribution in [0.15, 0.2) is 56.6 Å². The largest absolute Gasteiger partial charge is 0.507 e. The zero-order valence-electron chi connectivity index (χ0n) is 16.4. The van der Waals surface area contributed by atoms with Gasteiger partial charge < -0.3 is 19.3 Å². The second-order valence-electron chi connectivity index (χ2n) is 6.99. The van der Waals surface area contributed by atoms with Crippen molar-refractivity contribution in [3.63, 3.8) is 0 Å². The van der Waals surface area contributed by atoms with E-state index in [1.165, 1.54) is 12.1 Å². The van der Waals surface area contributed by atoms with Gasteiger partial charge in [-0.05, 0) is 44.0 Å². The lowest BCUT2D eigenvalue weighted by molar-refractivity contribution is 0.0916. The van der Waals surface area contributed by atoms with Gasteiger partial charge >= 0.3 is 0 Å². The fourth-order valence-electron chi connectivity index (χ4n) is 3.50. The average Bonchev–Trinajstić information content (AvgIpc) is 3.39. The first-order valence-electron chi connectivity index (χ1n) is 9.62. The summed E-state index contributed by atoms with van der Waals surface area (Å²) in [6.07, 6.45) is 3.67. The van der Waals surface area contributed by atoms with E-state index in [2.05, 4.69) is 15.8 Å². The molecule has 3 N–H and O–H groups in total. The second kappa shape index (κ2) is 8.28. The number of aryl methyl sites for hydroxylation is 1. The third kappa shape index (κ3) is 3.84. The van der Waals surface area contributed by atoms with Gasteiger partial charge in [-0.1, -0.05) is 12.1 Å². The van der Waals surface area contributed by atoms with E-state index in [1.54, 1.807) is 37.5 Å². The number of hydrazone groups is 1. The molecule has 4 rings (SSSR count). The van der Waals surface area contributed by atoms with Crippen molar-refractivity contribution in [1.82, 2.24) is 10.7 Å². The van der Waals surface area contributed by atoms with Gasteiger partial charge in [-0.15, -0.1) is 0 Å². The van der Waals surface area contributed by atoms with Crippen LogP contribution in [0.1, 0.15) is 56.4 Å². The maximum absolute atomic E-state index is 12.6. The van der Waals surface area contributed by atoms with Gasteiger partial charge in [0.1, 0.15) is 17.3 Å². The highest BCUT2D eigenvalue weighted by Gasteiger charge is 2.28. The van der Waals surface area contributed by atoms with E-state index in [1.807, 2.05) is 0 Å². The molecule has 0 fully saturated rings. The number of aromatic hydroxyl groups is 1. The Balaban J connectivity index is 1.53. The summed E-state index contributed by atoms with van der Waals surface area (Å²) in [4.78, 5) is 24.9. The van der Waals surface area contributed by atoms with Crippen LogP contribution in [-0.4, -0.2) is 22.6 Å². The van der Waals surface area contributed by atoms with Gasteiger partial charge in [-0.2, -0.15) is 5.10 Å². The molecule has 8 heteroatoms. The van der Waals surface area contributed by atoms with Gasteiger partial charge in [-0.25, -0.2) is 5.43 Å². The lowest BCUT2D eigenvalue weighted by atomic mass is 9.93. The summed E-state index contributed by atoms with van der Waals surface area (Å²) in [5.41, 5.74) is 4.71. The molecule has 1 aromatic carbocycles. The molecule has 154 valence electrons. The average molecular weight is 407 g/mol. The van der Waals surface area contributed by atoms with E-state index >= 15 is 0 Å². The number of nitrogens with one attached hydrogen (secondary N) is 2. The molecular formula is C22H21N3O5. The standard InChI is InChI=1S/C22H21N3O5/c1-13-19-16(24-25-21(27)15-7-2-3-9-17(15)26)8-4-10-18(19)30-20(13)22(28)23-12-14-6-5-11-29-14/h2-3,5-7,9,11,26H,4,8,10,12H2,1H3,(H,23,28)(H,25,27)/b24-16+. The third-order valence-electron chi connectivity index (χ3n) is 4.98. The number of fused-ring (bicyclic) bond motifs is 1. The Hall–Kier alpha value is -3.81. The molecule has 0 saturated heterocycles. The number of carbonyl (C=O) groups excluding carboxylic acids is 2. The minimum Gasteiger partial charge on any atom is -0.507 e. The Morgan fingerprint density at radius 1 is 1.13 bits per heavy atom. The predicted molar refractivity (Wildman–Crippen MR) is 108 cm³/mol. The molecule has 0 bridgehead atoms.